The Kier molecular flexibility index (Phi) is 6.78. The zero-order chi connectivity index (χ0) is 18.4. The van der Waals surface area contributed by atoms with Gasteiger partial charge in [0, 0.05) is 31.1 Å². The second-order valence-electron chi connectivity index (χ2n) is 6.65. The zero-order valence-corrected chi connectivity index (χ0v) is 14.9. The molecule has 1 heterocycles. The van der Waals surface area contributed by atoms with Gasteiger partial charge >= 0.3 is 0 Å². The maximum atomic E-state index is 12.5. The molecule has 1 aromatic carbocycles. The van der Waals surface area contributed by atoms with Gasteiger partial charge in [0.2, 0.25) is 5.91 Å². The molecule has 0 aromatic heterocycles. The molecule has 7 heteroatoms. The summed E-state index contributed by atoms with van der Waals surface area (Å²) < 4.78 is 5.07. The van der Waals surface area contributed by atoms with Crippen LogP contribution >= 0.6 is 0 Å². The number of hydrogen-bond donors (Lipinski definition) is 4. The molecule has 1 aromatic rings. The lowest BCUT2D eigenvalue weighted by atomic mass is 10.0. The van der Waals surface area contributed by atoms with E-state index in [0.717, 1.165) is 0 Å². The van der Waals surface area contributed by atoms with Gasteiger partial charge < -0.3 is 25.8 Å². The van der Waals surface area contributed by atoms with E-state index in [4.69, 9.17) is 4.74 Å². The van der Waals surface area contributed by atoms with E-state index < -0.39 is 12.1 Å². The van der Waals surface area contributed by atoms with Crippen molar-refractivity contribution in [1.82, 2.24) is 16.0 Å². The largest absolute Gasteiger partial charge is 0.497 e. The Hall–Kier alpha value is -2.12. The lowest BCUT2D eigenvalue weighted by Crippen LogP contribution is -2.51. The number of aliphatic hydroxyl groups excluding tert-OH is 1. The van der Waals surface area contributed by atoms with Gasteiger partial charge in [-0.3, -0.25) is 9.59 Å². The molecule has 0 radical (unpaired) electrons. The van der Waals surface area contributed by atoms with Crippen molar-refractivity contribution >= 4 is 11.8 Å². The molecule has 4 N–H and O–H groups in total. The first-order valence-electron chi connectivity index (χ1n) is 8.53. The van der Waals surface area contributed by atoms with Gasteiger partial charge in [0.15, 0.2) is 0 Å². The molecule has 1 saturated heterocycles. The highest BCUT2D eigenvalue weighted by atomic mass is 16.5. The van der Waals surface area contributed by atoms with E-state index in [1.807, 2.05) is 13.8 Å². The van der Waals surface area contributed by atoms with Crippen molar-refractivity contribution in [2.75, 3.05) is 26.7 Å². The van der Waals surface area contributed by atoms with Crippen LogP contribution in [0.4, 0.5) is 0 Å². The first-order valence-corrected chi connectivity index (χ1v) is 8.53. The monoisotopic (exact) mass is 349 g/mol. The molecule has 1 aliphatic heterocycles. The van der Waals surface area contributed by atoms with E-state index in [2.05, 4.69) is 16.0 Å². The van der Waals surface area contributed by atoms with Gasteiger partial charge in [0.1, 0.15) is 11.8 Å². The van der Waals surface area contributed by atoms with Gasteiger partial charge in [0.05, 0.1) is 13.2 Å². The van der Waals surface area contributed by atoms with Gasteiger partial charge in [-0.2, -0.15) is 0 Å². The predicted molar refractivity (Wildman–Crippen MR) is 94.5 cm³/mol. The predicted octanol–water partition coefficient (Wildman–Crippen LogP) is 0.146. The third-order valence-electron chi connectivity index (χ3n) is 4.43. The molecular weight excluding hydrogens is 322 g/mol. The molecule has 25 heavy (non-hydrogen) atoms. The van der Waals surface area contributed by atoms with Crippen LogP contribution in [0.25, 0.3) is 0 Å². The van der Waals surface area contributed by atoms with Crippen molar-refractivity contribution in [3.05, 3.63) is 29.8 Å². The van der Waals surface area contributed by atoms with Gasteiger partial charge in [0.25, 0.3) is 5.91 Å². The van der Waals surface area contributed by atoms with Crippen molar-refractivity contribution in [1.29, 1.82) is 0 Å². The van der Waals surface area contributed by atoms with E-state index in [1.165, 1.54) is 0 Å². The highest BCUT2D eigenvalue weighted by Gasteiger charge is 2.28. The molecule has 138 valence electrons. The molecule has 0 bridgehead atoms. The number of aliphatic hydroxyl groups is 1. The molecule has 7 nitrogen and oxygen atoms in total. The van der Waals surface area contributed by atoms with Gasteiger partial charge in [-0.15, -0.1) is 0 Å². The van der Waals surface area contributed by atoms with Crippen LogP contribution in [0.15, 0.2) is 24.3 Å². The number of carbonyl (C=O) groups is 2. The third-order valence-corrected chi connectivity index (χ3v) is 4.43. The molecule has 0 aliphatic carbocycles. The second-order valence-corrected chi connectivity index (χ2v) is 6.65. The number of benzene rings is 1. The molecule has 1 fully saturated rings. The van der Waals surface area contributed by atoms with Gasteiger partial charge in [-0.25, -0.2) is 0 Å². The molecule has 3 unspecified atom stereocenters. The normalized spacial score (nSPS) is 21.0. The molecule has 2 amide bonds. The summed E-state index contributed by atoms with van der Waals surface area (Å²) in [5, 5.41) is 18.5. The van der Waals surface area contributed by atoms with Crippen LogP contribution in [-0.2, 0) is 4.79 Å². The fourth-order valence-corrected chi connectivity index (χ4v) is 2.77. The van der Waals surface area contributed by atoms with Crippen LogP contribution in [-0.4, -0.2) is 55.8 Å². The quantitative estimate of drug-likeness (QED) is 0.561. The number of ether oxygens (including phenoxy) is 1. The second kappa shape index (κ2) is 8.82. The SMILES string of the molecule is COc1ccc(C(=O)NC(C(=O)NCC2CNCC2O)C(C)C)cc1. The molecular formula is C18H27N3O4. The Morgan fingerprint density at radius 1 is 1.28 bits per heavy atom. The zero-order valence-electron chi connectivity index (χ0n) is 14.9. The fraction of sp³-hybridized carbons (Fsp3) is 0.556. The van der Waals surface area contributed by atoms with E-state index in [9.17, 15) is 14.7 Å². The highest BCUT2D eigenvalue weighted by molar-refractivity contribution is 5.97. The summed E-state index contributed by atoms with van der Waals surface area (Å²) in [5.41, 5.74) is 0.467. The van der Waals surface area contributed by atoms with E-state index >= 15 is 0 Å². The summed E-state index contributed by atoms with van der Waals surface area (Å²) in [6.45, 7) is 5.36. The lowest BCUT2D eigenvalue weighted by Gasteiger charge is -2.23. The third kappa shape index (κ3) is 5.17. The minimum atomic E-state index is -0.638. The highest BCUT2D eigenvalue weighted by Crippen LogP contribution is 2.12. The first kappa shape index (κ1) is 19.2. The Balaban J connectivity index is 1.94. The minimum absolute atomic E-state index is 0.00551. The van der Waals surface area contributed by atoms with Crippen molar-refractivity contribution in [3.8, 4) is 5.75 Å². The van der Waals surface area contributed by atoms with E-state index in [-0.39, 0.29) is 23.7 Å². The molecule has 2 rings (SSSR count). The summed E-state index contributed by atoms with van der Waals surface area (Å²) in [5.74, 6) is 0.0522. The molecule has 0 saturated carbocycles. The molecule has 1 aliphatic rings. The molecule has 3 atom stereocenters. The summed E-state index contributed by atoms with van der Waals surface area (Å²) in [6.07, 6.45) is -0.452. The minimum Gasteiger partial charge on any atom is -0.497 e. The summed E-state index contributed by atoms with van der Waals surface area (Å²) >= 11 is 0. The number of nitrogens with one attached hydrogen (secondary N) is 3. The van der Waals surface area contributed by atoms with Crippen molar-refractivity contribution in [3.63, 3.8) is 0 Å². The standard InChI is InChI=1S/C18H27N3O4/c1-11(2)16(18(24)20-9-13-8-19-10-15(13)22)21-17(23)12-4-6-14(25-3)7-5-12/h4-7,11,13,15-16,19,22H,8-10H2,1-3H3,(H,20,24)(H,21,23). The van der Waals surface area contributed by atoms with Crippen LogP contribution in [0.5, 0.6) is 5.75 Å². The Morgan fingerprint density at radius 2 is 1.96 bits per heavy atom. The summed E-state index contributed by atoms with van der Waals surface area (Å²) in [6, 6.07) is 6.08. The van der Waals surface area contributed by atoms with Crippen LogP contribution in [0.1, 0.15) is 24.2 Å². The van der Waals surface area contributed by atoms with Crippen molar-refractivity contribution < 1.29 is 19.4 Å². The Morgan fingerprint density at radius 3 is 2.48 bits per heavy atom. The fourth-order valence-electron chi connectivity index (χ4n) is 2.77. The molecule has 0 spiro atoms. The van der Waals surface area contributed by atoms with Gasteiger partial charge in [-0.1, -0.05) is 13.8 Å². The Labute approximate surface area is 148 Å². The maximum Gasteiger partial charge on any atom is 0.251 e. The number of methoxy groups -OCH3 is 1. The Bertz CT molecular complexity index is 588. The van der Waals surface area contributed by atoms with Gasteiger partial charge in [-0.05, 0) is 30.2 Å². The first-order chi connectivity index (χ1) is 11.9. The smallest absolute Gasteiger partial charge is 0.251 e. The average Bonchev–Trinajstić information content (AvgIpc) is 3.02. The summed E-state index contributed by atoms with van der Waals surface area (Å²) in [4.78, 5) is 24.9. The lowest BCUT2D eigenvalue weighted by molar-refractivity contribution is -0.124. The number of β-amino-alcohol motifs (C(OH)–C–C–N with tert-alkyl or cyclic N) is 1. The average molecular weight is 349 g/mol. The van der Waals surface area contributed by atoms with Crippen LogP contribution < -0.4 is 20.7 Å². The van der Waals surface area contributed by atoms with Crippen molar-refractivity contribution in [2.24, 2.45) is 11.8 Å². The topological polar surface area (TPSA) is 99.7 Å². The summed E-state index contributed by atoms with van der Waals surface area (Å²) in [7, 11) is 1.56. The van der Waals surface area contributed by atoms with Crippen LogP contribution in [0, 0.1) is 11.8 Å². The van der Waals surface area contributed by atoms with E-state index in [1.54, 1.807) is 31.4 Å². The number of hydrogen-bond acceptors (Lipinski definition) is 5. The van der Waals surface area contributed by atoms with Crippen molar-refractivity contribution in [2.45, 2.75) is 26.0 Å². The maximum absolute atomic E-state index is 12.5. The van der Waals surface area contributed by atoms with Crippen LogP contribution in [0.3, 0.4) is 0 Å². The number of amides is 2. The number of rotatable bonds is 7. The number of carbonyl (C=O) groups excluding carboxylic acids is 2. The van der Waals surface area contributed by atoms with Crippen LogP contribution in [0.2, 0.25) is 0 Å². The van der Waals surface area contributed by atoms with E-state index in [0.29, 0.717) is 30.9 Å².